The minimum atomic E-state index is -1.02. The molecule has 2 aromatic carbocycles. The van der Waals surface area contributed by atoms with Crippen LogP contribution < -0.4 is 16.3 Å². The van der Waals surface area contributed by atoms with E-state index in [9.17, 15) is 14.4 Å². The first-order valence-electron chi connectivity index (χ1n) is 10.8. The summed E-state index contributed by atoms with van der Waals surface area (Å²) < 4.78 is 7.21. The van der Waals surface area contributed by atoms with Gasteiger partial charge in [0.25, 0.3) is 0 Å². The molecule has 0 unspecified atom stereocenters. The van der Waals surface area contributed by atoms with Crippen LogP contribution >= 0.6 is 46.4 Å². The zero-order chi connectivity index (χ0) is 25.8. The Kier molecular flexibility index (Phi) is 6.79. The number of nitrogens with zero attached hydrogens (tertiary/aromatic N) is 4. The van der Waals surface area contributed by atoms with E-state index in [1.165, 1.54) is 29.2 Å². The lowest BCUT2D eigenvalue weighted by Crippen LogP contribution is -2.50. The van der Waals surface area contributed by atoms with Gasteiger partial charge in [-0.15, -0.1) is 4.74 Å². The second-order valence-corrected chi connectivity index (χ2v) is 10.4. The monoisotopic (exact) mass is 558 g/mol. The number of urea groups is 1. The molecular weight excluding hydrogens is 538 g/mol. The normalized spacial score (nSPS) is 18.4. The van der Waals surface area contributed by atoms with E-state index < -0.39 is 23.2 Å². The summed E-state index contributed by atoms with van der Waals surface area (Å²) in [6.07, 6.45) is -0.356. The molecule has 35 heavy (non-hydrogen) atoms. The van der Waals surface area contributed by atoms with E-state index in [0.29, 0.717) is 17.1 Å². The van der Waals surface area contributed by atoms with Crippen molar-refractivity contribution < 1.29 is 9.32 Å². The van der Waals surface area contributed by atoms with E-state index in [4.69, 9.17) is 50.9 Å². The first kappa shape index (κ1) is 25.7. The van der Waals surface area contributed by atoms with E-state index in [1.807, 2.05) is 27.7 Å². The van der Waals surface area contributed by atoms with Crippen molar-refractivity contribution in [1.82, 2.24) is 14.2 Å². The van der Waals surface area contributed by atoms with Gasteiger partial charge in [0.2, 0.25) is 0 Å². The van der Waals surface area contributed by atoms with Crippen molar-refractivity contribution in [2.75, 3.05) is 4.90 Å². The van der Waals surface area contributed by atoms with Crippen molar-refractivity contribution in [1.29, 1.82) is 0 Å². The van der Waals surface area contributed by atoms with Gasteiger partial charge in [0.1, 0.15) is 0 Å². The predicted octanol–water partition coefficient (Wildman–Crippen LogP) is 6.22. The maximum atomic E-state index is 13.8. The molecule has 186 valence electrons. The summed E-state index contributed by atoms with van der Waals surface area (Å²) >= 11 is 24.4. The fourth-order valence-electron chi connectivity index (χ4n) is 4.46. The zero-order valence-electron chi connectivity index (χ0n) is 19.3. The summed E-state index contributed by atoms with van der Waals surface area (Å²) in [6, 6.07) is 8.50. The maximum absolute atomic E-state index is 13.8. The Morgan fingerprint density at radius 3 is 2.00 bits per heavy atom. The number of anilines is 1. The minimum Gasteiger partial charge on any atom is -0.314 e. The van der Waals surface area contributed by atoms with Crippen LogP contribution in [0, 0.1) is 0 Å². The molecule has 0 spiro atoms. The van der Waals surface area contributed by atoms with Gasteiger partial charge in [-0.25, -0.2) is 14.4 Å². The predicted molar refractivity (Wildman–Crippen MR) is 138 cm³/mol. The van der Waals surface area contributed by atoms with Crippen LogP contribution in [0.2, 0.25) is 20.1 Å². The summed E-state index contributed by atoms with van der Waals surface area (Å²) in [5.74, 6) is -0.937. The summed E-state index contributed by atoms with van der Waals surface area (Å²) in [5.41, 5.74) is -1.18. The second kappa shape index (κ2) is 9.24. The number of amides is 2. The number of aromatic nitrogens is 2. The van der Waals surface area contributed by atoms with E-state index in [1.54, 1.807) is 17.0 Å². The van der Waals surface area contributed by atoms with Gasteiger partial charge in [0.05, 0.1) is 31.3 Å². The van der Waals surface area contributed by atoms with Gasteiger partial charge in [-0.3, -0.25) is 4.90 Å². The molecule has 2 heterocycles. The van der Waals surface area contributed by atoms with E-state index in [2.05, 4.69) is 0 Å². The van der Waals surface area contributed by atoms with Gasteiger partial charge in [-0.1, -0.05) is 53.3 Å². The number of carbonyl (C=O) groups excluding carboxylic acids is 1. The van der Waals surface area contributed by atoms with Crippen molar-refractivity contribution in [2.45, 2.75) is 51.9 Å². The minimum absolute atomic E-state index is 0.167. The Morgan fingerprint density at radius 2 is 1.46 bits per heavy atom. The second-order valence-electron chi connectivity index (χ2n) is 8.80. The maximum Gasteiger partial charge on any atom is 0.447 e. The topological polar surface area (TPSA) is 80.7 Å². The number of rotatable bonds is 5. The highest BCUT2D eigenvalue weighted by Gasteiger charge is 2.56. The Morgan fingerprint density at radius 1 is 0.914 bits per heavy atom. The largest absolute Gasteiger partial charge is 0.447 e. The average Bonchev–Trinajstić information content (AvgIpc) is 3.19. The van der Waals surface area contributed by atoms with Gasteiger partial charge in [-0.05, 0) is 63.6 Å². The van der Waals surface area contributed by atoms with Crippen LogP contribution in [0.25, 0.3) is 5.69 Å². The zero-order valence-corrected chi connectivity index (χ0v) is 22.3. The van der Waals surface area contributed by atoms with Crippen LogP contribution in [0.15, 0.2) is 50.5 Å². The Balaban J connectivity index is 1.95. The highest BCUT2D eigenvalue weighted by molar-refractivity contribution is 6.42. The summed E-state index contributed by atoms with van der Waals surface area (Å²) in [6.45, 7) is 7.48. The molecule has 1 aliphatic rings. The van der Waals surface area contributed by atoms with Crippen molar-refractivity contribution in [3.63, 3.8) is 0 Å². The van der Waals surface area contributed by atoms with Gasteiger partial charge in [-0.2, -0.15) is 4.57 Å². The van der Waals surface area contributed by atoms with Crippen molar-refractivity contribution >= 4 is 58.1 Å². The Bertz CT molecular complexity index is 1430. The summed E-state index contributed by atoms with van der Waals surface area (Å²) in [5, 5.41) is 0.980. The lowest BCUT2D eigenvalue weighted by Gasteiger charge is -2.37. The quantitative estimate of drug-likeness (QED) is 0.371. The molecular formula is C23H22Cl4N4O4. The van der Waals surface area contributed by atoms with Crippen LogP contribution in [0.3, 0.4) is 0 Å². The first-order valence-corrected chi connectivity index (χ1v) is 12.3. The standard InChI is InChI=1S/C23H22Cl4N4O4/c1-5-12(2)30-20(32)28(13-6-8-15(24)17(26)10-13)19(23(30,3)4)31-21(33)29(22(34)35-31)14-7-9-16(25)18(27)11-14/h6-12,19H,5H2,1-4H3/t12-,19-/m1/s1. The molecule has 1 aromatic heterocycles. The van der Waals surface area contributed by atoms with Gasteiger partial charge in [0, 0.05) is 11.7 Å². The molecule has 4 rings (SSSR count). The molecule has 1 saturated heterocycles. The SMILES string of the molecule is CC[C@@H](C)N1C(=O)N(c2ccc(Cl)c(Cl)c2)[C@H](n2oc(=O)n(-c3ccc(Cl)c(Cl)c3)c2=O)C1(C)C. The molecule has 0 N–H and O–H groups in total. The molecule has 1 aliphatic heterocycles. The van der Waals surface area contributed by atoms with Gasteiger partial charge >= 0.3 is 17.5 Å². The third-order valence-electron chi connectivity index (χ3n) is 6.24. The van der Waals surface area contributed by atoms with Crippen LogP contribution in [0.4, 0.5) is 10.5 Å². The number of benzene rings is 2. The number of halogens is 4. The molecule has 0 radical (unpaired) electrons. The molecule has 2 atom stereocenters. The number of hydrogen-bond acceptors (Lipinski definition) is 4. The Hall–Kier alpha value is -2.39. The Labute approximate surface area is 221 Å². The first-order chi connectivity index (χ1) is 16.4. The van der Waals surface area contributed by atoms with Gasteiger partial charge < -0.3 is 9.42 Å². The lowest BCUT2D eigenvalue weighted by atomic mass is 9.98. The number of hydrogen-bond donors (Lipinski definition) is 0. The third-order valence-corrected chi connectivity index (χ3v) is 7.72. The van der Waals surface area contributed by atoms with Crippen LogP contribution in [-0.4, -0.2) is 31.8 Å². The molecule has 8 nitrogen and oxygen atoms in total. The number of carbonyl (C=O) groups is 1. The van der Waals surface area contributed by atoms with Crippen LogP contribution in [0.5, 0.6) is 0 Å². The fraction of sp³-hybridized carbons (Fsp3) is 0.348. The molecule has 0 saturated carbocycles. The highest BCUT2D eigenvalue weighted by Crippen LogP contribution is 2.44. The van der Waals surface area contributed by atoms with E-state index in [0.717, 1.165) is 9.31 Å². The molecule has 2 amide bonds. The summed E-state index contributed by atoms with van der Waals surface area (Å²) in [4.78, 5) is 43.2. The smallest absolute Gasteiger partial charge is 0.314 e. The van der Waals surface area contributed by atoms with Gasteiger partial charge in [0.15, 0.2) is 6.17 Å². The van der Waals surface area contributed by atoms with Crippen molar-refractivity contribution in [2.24, 2.45) is 0 Å². The van der Waals surface area contributed by atoms with E-state index >= 15 is 0 Å². The molecule has 12 heteroatoms. The fourth-order valence-corrected chi connectivity index (χ4v) is 5.04. The lowest BCUT2D eigenvalue weighted by molar-refractivity contribution is 0.0756. The van der Waals surface area contributed by atoms with Crippen LogP contribution in [0.1, 0.15) is 40.3 Å². The van der Waals surface area contributed by atoms with Crippen LogP contribution in [-0.2, 0) is 0 Å². The molecule has 0 aliphatic carbocycles. The highest BCUT2D eigenvalue weighted by atomic mass is 35.5. The average molecular weight is 560 g/mol. The molecule has 1 fully saturated rings. The van der Waals surface area contributed by atoms with Crippen molar-refractivity contribution in [3.8, 4) is 5.69 Å². The molecule has 0 bridgehead atoms. The molecule has 3 aromatic rings. The van der Waals surface area contributed by atoms with E-state index in [-0.39, 0.29) is 32.8 Å². The third kappa shape index (κ3) is 4.16. The van der Waals surface area contributed by atoms with Crippen molar-refractivity contribution in [3.05, 3.63) is 77.5 Å². The summed E-state index contributed by atoms with van der Waals surface area (Å²) in [7, 11) is 0.